The van der Waals surface area contributed by atoms with Crippen molar-refractivity contribution in [3.05, 3.63) is 30.0 Å². The number of H-pyrrole nitrogens is 1. The molecule has 1 N–H and O–H groups in total. The Morgan fingerprint density at radius 1 is 1.21 bits per heavy atom. The number of benzene rings is 1. The lowest BCUT2D eigenvalue weighted by Crippen LogP contribution is -2.52. The molecule has 1 aliphatic rings. The van der Waals surface area contributed by atoms with Crippen LogP contribution in [0.5, 0.6) is 0 Å². The van der Waals surface area contributed by atoms with Crippen molar-refractivity contribution in [2.24, 2.45) is 0 Å². The van der Waals surface area contributed by atoms with Crippen LogP contribution in [-0.4, -0.2) is 70.7 Å². The number of piperazine rings is 1. The number of nitrogens with zero attached hydrogens (tertiary/aromatic N) is 3. The van der Waals surface area contributed by atoms with Gasteiger partial charge in [-0.05, 0) is 19.9 Å². The molecule has 0 bridgehead atoms. The monoisotopic (exact) mass is 330 g/mol. The second kappa shape index (κ2) is 7.00. The number of fused-ring (bicyclic) bond motifs is 1. The van der Waals surface area contributed by atoms with Crippen LogP contribution < -0.4 is 0 Å². The van der Waals surface area contributed by atoms with Crippen molar-refractivity contribution in [3.8, 4) is 0 Å². The van der Waals surface area contributed by atoms with Crippen molar-refractivity contribution in [1.82, 2.24) is 20.0 Å². The highest BCUT2D eigenvalue weighted by molar-refractivity contribution is 6.04. The van der Waals surface area contributed by atoms with E-state index in [1.54, 1.807) is 16.7 Å². The minimum absolute atomic E-state index is 0.0193. The summed E-state index contributed by atoms with van der Waals surface area (Å²) in [6.45, 7) is 6.19. The first-order valence-corrected chi connectivity index (χ1v) is 8.24. The van der Waals surface area contributed by atoms with E-state index in [4.69, 9.17) is 4.74 Å². The number of aromatic amines is 1. The summed E-state index contributed by atoms with van der Waals surface area (Å²) in [5, 5.41) is 7.87. The van der Waals surface area contributed by atoms with Gasteiger partial charge in [0, 0.05) is 38.2 Å². The molecule has 0 radical (unpaired) electrons. The highest BCUT2D eigenvalue weighted by atomic mass is 16.5. The van der Waals surface area contributed by atoms with Crippen LogP contribution in [0.2, 0.25) is 0 Å². The first-order valence-electron chi connectivity index (χ1n) is 8.24. The van der Waals surface area contributed by atoms with Gasteiger partial charge in [-0.2, -0.15) is 5.10 Å². The van der Waals surface area contributed by atoms with Gasteiger partial charge in [0.15, 0.2) is 5.69 Å². The minimum atomic E-state index is -0.437. The van der Waals surface area contributed by atoms with E-state index in [2.05, 4.69) is 10.2 Å². The van der Waals surface area contributed by atoms with E-state index in [1.807, 2.05) is 31.2 Å². The lowest BCUT2D eigenvalue weighted by Gasteiger charge is -2.35. The van der Waals surface area contributed by atoms with Crippen molar-refractivity contribution in [2.45, 2.75) is 20.0 Å². The fourth-order valence-corrected chi connectivity index (χ4v) is 2.98. The van der Waals surface area contributed by atoms with Crippen LogP contribution >= 0.6 is 0 Å². The second-order valence-corrected chi connectivity index (χ2v) is 5.83. The molecule has 1 aromatic carbocycles. The topological polar surface area (TPSA) is 78.5 Å². The molecule has 1 aliphatic heterocycles. The number of nitrogens with one attached hydrogen (secondary N) is 1. The number of para-hydroxylation sites is 1. The summed E-state index contributed by atoms with van der Waals surface area (Å²) in [5.74, 6) is -0.119. The zero-order chi connectivity index (χ0) is 17.1. The van der Waals surface area contributed by atoms with Crippen LogP contribution in [0.25, 0.3) is 10.9 Å². The number of carbonyl (C=O) groups excluding carboxylic acids is 2. The Labute approximate surface area is 140 Å². The molecule has 2 heterocycles. The molecule has 1 unspecified atom stereocenters. The van der Waals surface area contributed by atoms with Crippen LogP contribution in [0.1, 0.15) is 24.3 Å². The van der Waals surface area contributed by atoms with Crippen molar-refractivity contribution in [1.29, 1.82) is 0 Å². The number of hydrogen-bond acceptors (Lipinski definition) is 4. The predicted molar refractivity (Wildman–Crippen MR) is 89.7 cm³/mol. The molecular weight excluding hydrogens is 308 g/mol. The third-order valence-corrected chi connectivity index (χ3v) is 4.32. The van der Waals surface area contributed by atoms with Gasteiger partial charge < -0.3 is 14.5 Å². The Kier molecular flexibility index (Phi) is 4.80. The average molecular weight is 330 g/mol. The van der Waals surface area contributed by atoms with E-state index >= 15 is 0 Å². The molecular formula is C17H22N4O3. The van der Waals surface area contributed by atoms with Gasteiger partial charge in [0.05, 0.1) is 5.52 Å². The van der Waals surface area contributed by atoms with E-state index < -0.39 is 6.10 Å². The molecule has 24 heavy (non-hydrogen) atoms. The molecule has 0 aliphatic carbocycles. The maximum absolute atomic E-state index is 12.7. The van der Waals surface area contributed by atoms with Gasteiger partial charge in [0.1, 0.15) is 6.10 Å². The highest BCUT2D eigenvalue weighted by Gasteiger charge is 2.29. The number of ether oxygens (including phenoxy) is 1. The maximum Gasteiger partial charge on any atom is 0.275 e. The summed E-state index contributed by atoms with van der Waals surface area (Å²) >= 11 is 0. The highest BCUT2D eigenvalue weighted by Crippen LogP contribution is 2.18. The molecule has 2 aromatic rings. The fourth-order valence-electron chi connectivity index (χ4n) is 2.98. The lowest BCUT2D eigenvalue weighted by molar-refractivity contribution is -0.143. The molecule has 1 saturated heterocycles. The molecule has 1 atom stereocenters. The first kappa shape index (κ1) is 16.4. The summed E-state index contributed by atoms with van der Waals surface area (Å²) in [5.41, 5.74) is 1.29. The van der Waals surface area contributed by atoms with Crippen LogP contribution in [0.15, 0.2) is 24.3 Å². The van der Waals surface area contributed by atoms with Gasteiger partial charge in [-0.25, -0.2) is 0 Å². The average Bonchev–Trinajstić information content (AvgIpc) is 3.05. The minimum Gasteiger partial charge on any atom is -0.369 e. The van der Waals surface area contributed by atoms with Crippen molar-refractivity contribution < 1.29 is 14.3 Å². The SMILES string of the molecule is CCOC(C)C(=O)N1CCN(C(=O)c2n[nH]c3ccccc23)CC1. The molecule has 3 rings (SSSR count). The van der Waals surface area contributed by atoms with Gasteiger partial charge in [-0.15, -0.1) is 0 Å². The number of amides is 2. The van der Waals surface area contributed by atoms with Crippen LogP contribution in [0, 0.1) is 0 Å². The zero-order valence-electron chi connectivity index (χ0n) is 14.0. The van der Waals surface area contributed by atoms with Crippen molar-refractivity contribution in [3.63, 3.8) is 0 Å². The summed E-state index contributed by atoms with van der Waals surface area (Å²) in [6, 6.07) is 7.57. The third-order valence-electron chi connectivity index (χ3n) is 4.32. The van der Waals surface area contributed by atoms with Crippen molar-refractivity contribution in [2.75, 3.05) is 32.8 Å². The number of aromatic nitrogens is 2. The van der Waals surface area contributed by atoms with E-state index in [9.17, 15) is 9.59 Å². The Balaban J connectivity index is 1.64. The summed E-state index contributed by atoms with van der Waals surface area (Å²) in [4.78, 5) is 28.5. The summed E-state index contributed by atoms with van der Waals surface area (Å²) in [7, 11) is 0. The van der Waals surface area contributed by atoms with E-state index in [0.29, 0.717) is 38.5 Å². The van der Waals surface area contributed by atoms with E-state index in [-0.39, 0.29) is 11.8 Å². The van der Waals surface area contributed by atoms with Crippen LogP contribution in [0.3, 0.4) is 0 Å². The quantitative estimate of drug-likeness (QED) is 0.916. The Morgan fingerprint density at radius 2 is 1.88 bits per heavy atom. The Morgan fingerprint density at radius 3 is 2.58 bits per heavy atom. The van der Waals surface area contributed by atoms with Gasteiger partial charge in [-0.3, -0.25) is 14.7 Å². The van der Waals surface area contributed by atoms with Gasteiger partial charge in [0.2, 0.25) is 0 Å². The Hall–Kier alpha value is -2.41. The van der Waals surface area contributed by atoms with Crippen molar-refractivity contribution >= 4 is 22.7 Å². The zero-order valence-corrected chi connectivity index (χ0v) is 14.0. The van der Waals surface area contributed by atoms with E-state index in [1.165, 1.54) is 0 Å². The molecule has 1 fully saturated rings. The first-order chi connectivity index (χ1) is 11.6. The van der Waals surface area contributed by atoms with Crippen LogP contribution in [-0.2, 0) is 9.53 Å². The molecule has 0 saturated carbocycles. The number of hydrogen-bond donors (Lipinski definition) is 1. The molecule has 128 valence electrons. The second-order valence-electron chi connectivity index (χ2n) is 5.83. The molecule has 7 nitrogen and oxygen atoms in total. The largest absolute Gasteiger partial charge is 0.369 e. The number of rotatable bonds is 4. The third kappa shape index (κ3) is 3.12. The number of carbonyl (C=O) groups is 2. The lowest BCUT2D eigenvalue weighted by atomic mass is 10.2. The van der Waals surface area contributed by atoms with Gasteiger partial charge in [-0.1, -0.05) is 18.2 Å². The van der Waals surface area contributed by atoms with Crippen LogP contribution in [0.4, 0.5) is 0 Å². The molecule has 1 aromatic heterocycles. The van der Waals surface area contributed by atoms with Gasteiger partial charge >= 0.3 is 0 Å². The fraction of sp³-hybridized carbons (Fsp3) is 0.471. The van der Waals surface area contributed by atoms with Gasteiger partial charge in [0.25, 0.3) is 11.8 Å². The van der Waals surface area contributed by atoms with E-state index in [0.717, 1.165) is 10.9 Å². The Bertz CT molecular complexity index is 734. The normalized spacial score (nSPS) is 16.4. The molecule has 7 heteroatoms. The maximum atomic E-state index is 12.7. The molecule has 0 spiro atoms. The summed E-state index contributed by atoms with van der Waals surface area (Å²) < 4.78 is 5.35. The summed E-state index contributed by atoms with van der Waals surface area (Å²) in [6.07, 6.45) is -0.437. The molecule has 2 amide bonds. The smallest absolute Gasteiger partial charge is 0.275 e. The standard InChI is InChI=1S/C17H22N4O3/c1-3-24-12(2)16(22)20-8-10-21(11-9-20)17(23)15-13-6-4-5-7-14(13)18-19-15/h4-7,12H,3,8-11H2,1-2H3,(H,18,19). The predicted octanol–water partition coefficient (Wildman–Crippen LogP) is 1.27.